The molecule has 0 aliphatic rings. The summed E-state index contributed by atoms with van der Waals surface area (Å²) < 4.78 is 27.2. The number of rotatable bonds is 7. The molecule has 1 unspecified atom stereocenters. The molecule has 0 aliphatic carbocycles. The first kappa shape index (κ1) is 19.9. The molecule has 6 nitrogen and oxygen atoms in total. The van der Waals surface area contributed by atoms with Crippen LogP contribution in [0, 0.1) is 0 Å². The quantitative estimate of drug-likeness (QED) is 0.548. The highest BCUT2D eigenvalue weighted by Gasteiger charge is 2.15. The molecule has 8 heteroatoms. The van der Waals surface area contributed by atoms with Crippen molar-refractivity contribution >= 4 is 33.0 Å². The Morgan fingerprint density at radius 1 is 1.11 bits per heavy atom. The van der Waals surface area contributed by atoms with Gasteiger partial charge >= 0.3 is 0 Å². The Kier molecular flexibility index (Phi) is 6.01. The predicted octanol–water partition coefficient (Wildman–Crippen LogP) is 3.67. The van der Waals surface area contributed by atoms with Gasteiger partial charge in [0.25, 0.3) is 10.0 Å². The lowest BCUT2D eigenvalue weighted by atomic mass is 10.1. The monoisotopic (exact) mass is 416 g/mol. The zero-order chi connectivity index (χ0) is 20.1. The molecular weight excluding hydrogens is 396 g/mol. The normalized spacial score (nSPS) is 12.3. The lowest BCUT2D eigenvalue weighted by molar-refractivity contribution is -0.121. The van der Waals surface area contributed by atoms with Crippen LogP contribution in [-0.2, 0) is 21.2 Å². The third kappa shape index (κ3) is 5.11. The van der Waals surface area contributed by atoms with Gasteiger partial charge in [0.05, 0.1) is 12.5 Å². The fraction of sp³-hybridized carbons (Fsp3) is 0.150. The average molecular weight is 417 g/mol. The molecular formula is C20H20N2O4S2. The lowest BCUT2D eigenvalue weighted by Gasteiger charge is -2.15. The third-order valence-corrected chi connectivity index (χ3v) is 6.86. The number of carbonyl (C=O) groups excluding carboxylic acids is 1. The van der Waals surface area contributed by atoms with E-state index in [0.717, 1.165) is 22.5 Å². The van der Waals surface area contributed by atoms with E-state index in [-0.39, 0.29) is 28.3 Å². The average Bonchev–Trinajstić information content (AvgIpc) is 3.19. The first-order valence-electron chi connectivity index (χ1n) is 8.57. The first-order valence-corrected chi connectivity index (χ1v) is 10.9. The van der Waals surface area contributed by atoms with E-state index in [1.165, 1.54) is 0 Å². The second-order valence-electron chi connectivity index (χ2n) is 6.30. The highest BCUT2D eigenvalue weighted by molar-refractivity contribution is 7.94. The molecule has 146 valence electrons. The van der Waals surface area contributed by atoms with Crippen molar-refractivity contribution in [2.75, 3.05) is 4.72 Å². The molecule has 1 atom stereocenters. The summed E-state index contributed by atoms with van der Waals surface area (Å²) >= 11 is 1.15. The third-order valence-electron chi connectivity index (χ3n) is 4.08. The van der Waals surface area contributed by atoms with Crippen LogP contribution >= 0.6 is 11.3 Å². The van der Waals surface area contributed by atoms with Gasteiger partial charge in [-0.15, -0.1) is 11.3 Å². The maximum absolute atomic E-state index is 12.3. The molecule has 1 heterocycles. The van der Waals surface area contributed by atoms with E-state index >= 15 is 0 Å². The number of thiophene rings is 1. The fourth-order valence-corrected chi connectivity index (χ4v) is 4.72. The van der Waals surface area contributed by atoms with E-state index in [2.05, 4.69) is 10.0 Å². The highest BCUT2D eigenvalue weighted by atomic mass is 32.2. The van der Waals surface area contributed by atoms with E-state index in [1.807, 2.05) is 13.0 Å². The number of benzene rings is 2. The van der Waals surface area contributed by atoms with Crippen LogP contribution in [0.2, 0.25) is 0 Å². The number of anilines is 1. The van der Waals surface area contributed by atoms with Crippen molar-refractivity contribution in [3.8, 4) is 5.75 Å². The Morgan fingerprint density at radius 3 is 2.50 bits per heavy atom. The number of aromatic hydroxyl groups is 1. The Labute approximate surface area is 167 Å². The number of carbonyl (C=O) groups is 1. The van der Waals surface area contributed by atoms with Gasteiger partial charge in [0, 0.05) is 5.69 Å². The van der Waals surface area contributed by atoms with Crippen molar-refractivity contribution in [3.63, 3.8) is 0 Å². The molecule has 3 rings (SSSR count). The van der Waals surface area contributed by atoms with Gasteiger partial charge in [0.15, 0.2) is 0 Å². The smallest absolute Gasteiger partial charge is 0.271 e. The summed E-state index contributed by atoms with van der Waals surface area (Å²) in [5.41, 5.74) is 2.01. The molecule has 3 aromatic rings. The van der Waals surface area contributed by atoms with Gasteiger partial charge in [-0.1, -0.05) is 30.3 Å². The minimum atomic E-state index is -3.59. The van der Waals surface area contributed by atoms with Crippen LogP contribution in [0.15, 0.2) is 70.3 Å². The molecule has 28 heavy (non-hydrogen) atoms. The molecule has 0 saturated carbocycles. The second-order valence-corrected chi connectivity index (χ2v) is 9.15. The van der Waals surface area contributed by atoms with Crippen molar-refractivity contribution in [1.29, 1.82) is 0 Å². The van der Waals surface area contributed by atoms with Crippen molar-refractivity contribution in [1.82, 2.24) is 5.32 Å². The van der Waals surface area contributed by atoms with Crippen LogP contribution in [0.5, 0.6) is 5.75 Å². The van der Waals surface area contributed by atoms with Crippen LogP contribution in [0.3, 0.4) is 0 Å². The molecule has 1 amide bonds. The van der Waals surface area contributed by atoms with Gasteiger partial charge in [0.2, 0.25) is 5.91 Å². The number of phenolic OH excluding ortho intramolecular Hbond substituents is 1. The lowest BCUT2D eigenvalue weighted by Crippen LogP contribution is -2.28. The van der Waals surface area contributed by atoms with Crippen molar-refractivity contribution < 1.29 is 18.3 Å². The number of hydrogen-bond donors (Lipinski definition) is 3. The largest absolute Gasteiger partial charge is 0.508 e. The zero-order valence-electron chi connectivity index (χ0n) is 15.1. The van der Waals surface area contributed by atoms with E-state index < -0.39 is 10.0 Å². The van der Waals surface area contributed by atoms with Crippen LogP contribution in [0.25, 0.3) is 0 Å². The maximum Gasteiger partial charge on any atom is 0.271 e. The number of nitrogens with one attached hydrogen (secondary N) is 2. The number of phenols is 1. The van der Waals surface area contributed by atoms with Gasteiger partial charge in [-0.3, -0.25) is 9.52 Å². The van der Waals surface area contributed by atoms with Crippen LogP contribution in [0.1, 0.15) is 24.1 Å². The molecule has 0 radical (unpaired) electrons. The van der Waals surface area contributed by atoms with Crippen LogP contribution in [-0.4, -0.2) is 19.4 Å². The van der Waals surface area contributed by atoms with Crippen LogP contribution in [0.4, 0.5) is 5.69 Å². The zero-order valence-corrected chi connectivity index (χ0v) is 16.8. The number of hydrogen-bond acceptors (Lipinski definition) is 5. The molecule has 0 spiro atoms. The molecule has 3 N–H and O–H groups in total. The van der Waals surface area contributed by atoms with Gasteiger partial charge in [0.1, 0.15) is 9.96 Å². The van der Waals surface area contributed by atoms with Gasteiger partial charge in [-0.25, -0.2) is 8.42 Å². The van der Waals surface area contributed by atoms with E-state index in [4.69, 9.17) is 0 Å². The summed E-state index contributed by atoms with van der Waals surface area (Å²) in [5, 5.41) is 14.1. The number of sulfonamides is 1. The van der Waals surface area contributed by atoms with Crippen molar-refractivity contribution in [2.24, 2.45) is 0 Å². The number of amides is 1. The minimum Gasteiger partial charge on any atom is -0.508 e. The summed E-state index contributed by atoms with van der Waals surface area (Å²) in [4.78, 5) is 12.3. The topological polar surface area (TPSA) is 95.5 Å². The second kappa shape index (κ2) is 8.45. The Balaban J connectivity index is 1.58. The summed E-state index contributed by atoms with van der Waals surface area (Å²) in [5.74, 6) is -0.0121. The van der Waals surface area contributed by atoms with E-state index in [1.54, 1.807) is 60.0 Å². The van der Waals surface area contributed by atoms with Gasteiger partial charge in [-0.05, 0) is 53.8 Å². The van der Waals surface area contributed by atoms with Crippen LogP contribution < -0.4 is 10.0 Å². The summed E-state index contributed by atoms with van der Waals surface area (Å²) in [6, 6.07) is 16.4. The molecule has 1 aromatic heterocycles. The first-order chi connectivity index (χ1) is 13.3. The Morgan fingerprint density at radius 2 is 1.86 bits per heavy atom. The van der Waals surface area contributed by atoms with Crippen molar-refractivity contribution in [2.45, 2.75) is 23.6 Å². The molecule has 0 saturated heterocycles. The standard InChI is InChI=1S/C20H20N2O4S2/c1-14(16-4-2-5-18(23)13-16)21-19(24)12-15-7-9-17(10-8-15)22-28(25,26)20-6-3-11-27-20/h2-11,13-14,22-23H,12H2,1H3,(H,21,24). The summed E-state index contributed by atoms with van der Waals surface area (Å²) in [6.07, 6.45) is 0.168. The molecule has 2 aromatic carbocycles. The fourth-order valence-electron chi connectivity index (χ4n) is 2.67. The predicted molar refractivity (Wildman–Crippen MR) is 110 cm³/mol. The molecule has 0 aliphatic heterocycles. The highest BCUT2D eigenvalue weighted by Crippen LogP contribution is 2.21. The van der Waals surface area contributed by atoms with E-state index in [0.29, 0.717) is 5.69 Å². The maximum atomic E-state index is 12.3. The summed E-state index contributed by atoms with van der Waals surface area (Å²) in [7, 11) is -3.59. The molecule has 0 fully saturated rings. The SMILES string of the molecule is CC(NC(=O)Cc1ccc(NS(=O)(=O)c2cccs2)cc1)c1cccc(O)c1. The van der Waals surface area contributed by atoms with Gasteiger partial charge in [-0.2, -0.15) is 0 Å². The Bertz CT molecular complexity index is 1050. The van der Waals surface area contributed by atoms with E-state index in [9.17, 15) is 18.3 Å². The van der Waals surface area contributed by atoms with Crippen molar-refractivity contribution in [3.05, 3.63) is 77.2 Å². The molecule has 0 bridgehead atoms. The Hall–Kier alpha value is -2.84. The van der Waals surface area contributed by atoms with Gasteiger partial charge < -0.3 is 10.4 Å². The minimum absolute atomic E-state index is 0.152. The summed E-state index contributed by atoms with van der Waals surface area (Å²) in [6.45, 7) is 1.84.